The van der Waals surface area contributed by atoms with E-state index in [2.05, 4.69) is 15.5 Å². The molecule has 2 aromatic rings. The van der Waals surface area contributed by atoms with E-state index in [9.17, 15) is 4.79 Å². The summed E-state index contributed by atoms with van der Waals surface area (Å²) >= 11 is 7.15. The van der Waals surface area contributed by atoms with E-state index in [1.165, 1.54) is 11.3 Å². The van der Waals surface area contributed by atoms with E-state index in [4.69, 9.17) is 16.3 Å². The normalized spacial score (nSPS) is 10.3. The van der Waals surface area contributed by atoms with Crippen LogP contribution in [-0.2, 0) is 11.2 Å². The van der Waals surface area contributed by atoms with Crippen molar-refractivity contribution in [2.75, 3.05) is 11.9 Å². The van der Waals surface area contributed by atoms with E-state index in [0.717, 1.165) is 11.4 Å². The van der Waals surface area contributed by atoms with Gasteiger partial charge in [0.1, 0.15) is 10.8 Å². The Morgan fingerprint density at radius 3 is 2.75 bits per heavy atom. The molecule has 1 heterocycles. The summed E-state index contributed by atoms with van der Waals surface area (Å²) in [7, 11) is 0. The van der Waals surface area contributed by atoms with Gasteiger partial charge in [0, 0.05) is 5.02 Å². The van der Waals surface area contributed by atoms with Gasteiger partial charge in [-0.15, -0.1) is 10.2 Å². The Bertz CT molecular complexity index is 571. The van der Waals surface area contributed by atoms with Crippen molar-refractivity contribution in [3.8, 4) is 5.75 Å². The van der Waals surface area contributed by atoms with Crippen LogP contribution in [0, 0.1) is 0 Å². The summed E-state index contributed by atoms with van der Waals surface area (Å²) in [5, 5.41) is 12.6. The molecule has 0 aliphatic rings. The molecule has 0 spiro atoms. The van der Waals surface area contributed by atoms with Crippen LogP contribution in [0.3, 0.4) is 0 Å². The van der Waals surface area contributed by atoms with Gasteiger partial charge in [-0.2, -0.15) is 0 Å². The first-order valence-corrected chi connectivity index (χ1v) is 7.37. The number of nitrogens with zero attached hydrogens (tertiary/aromatic N) is 2. The molecule has 1 N–H and O–H groups in total. The topological polar surface area (TPSA) is 64.1 Å². The van der Waals surface area contributed by atoms with Crippen LogP contribution in [0.1, 0.15) is 18.4 Å². The van der Waals surface area contributed by atoms with Crippen molar-refractivity contribution in [3.63, 3.8) is 0 Å². The molecule has 20 heavy (non-hydrogen) atoms. The van der Waals surface area contributed by atoms with Crippen LogP contribution in [0.15, 0.2) is 24.3 Å². The number of aryl methyl sites for hydroxylation is 1. The predicted molar refractivity (Wildman–Crippen MR) is 79.5 cm³/mol. The smallest absolute Gasteiger partial charge is 0.229 e. The molecule has 0 aliphatic carbocycles. The van der Waals surface area contributed by atoms with Crippen LogP contribution in [0.4, 0.5) is 5.13 Å². The van der Waals surface area contributed by atoms with E-state index >= 15 is 0 Å². The molecule has 7 heteroatoms. The van der Waals surface area contributed by atoms with Crippen molar-refractivity contribution in [1.82, 2.24) is 10.2 Å². The van der Waals surface area contributed by atoms with E-state index in [1.54, 1.807) is 24.3 Å². The van der Waals surface area contributed by atoms with Crippen LogP contribution in [0.5, 0.6) is 5.75 Å². The second-order valence-electron chi connectivity index (χ2n) is 3.96. The highest BCUT2D eigenvalue weighted by atomic mass is 35.5. The summed E-state index contributed by atoms with van der Waals surface area (Å²) in [6, 6.07) is 7.01. The molecule has 1 aromatic heterocycles. The van der Waals surface area contributed by atoms with Crippen LogP contribution in [-0.4, -0.2) is 22.7 Å². The number of amides is 1. The fourth-order valence-corrected chi connectivity index (χ4v) is 2.24. The second-order valence-corrected chi connectivity index (χ2v) is 5.45. The number of anilines is 1. The first-order valence-electron chi connectivity index (χ1n) is 6.18. The lowest BCUT2D eigenvalue weighted by Gasteiger charge is -2.05. The molecule has 0 aliphatic heterocycles. The molecule has 0 radical (unpaired) electrons. The lowest BCUT2D eigenvalue weighted by atomic mass is 10.3. The summed E-state index contributed by atoms with van der Waals surface area (Å²) in [6.45, 7) is 2.29. The monoisotopic (exact) mass is 311 g/mol. The van der Waals surface area contributed by atoms with Gasteiger partial charge in [0.15, 0.2) is 0 Å². The van der Waals surface area contributed by atoms with E-state index < -0.39 is 0 Å². The van der Waals surface area contributed by atoms with Crippen molar-refractivity contribution in [1.29, 1.82) is 0 Å². The van der Waals surface area contributed by atoms with Gasteiger partial charge in [-0.05, 0) is 30.7 Å². The average molecular weight is 312 g/mol. The summed E-state index contributed by atoms with van der Waals surface area (Å²) < 4.78 is 5.44. The van der Waals surface area contributed by atoms with Crippen molar-refractivity contribution in [2.45, 2.75) is 19.8 Å². The Balaban J connectivity index is 1.73. The zero-order valence-electron chi connectivity index (χ0n) is 10.9. The fraction of sp³-hybridized carbons (Fsp3) is 0.308. The minimum Gasteiger partial charge on any atom is -0.493 e. The van der Waals surface area contributed by atoms with Gasteiger partial charge in [-0.25, -0.2) is 0 Å². The molecule has 1 aromatic carbocycles. The first kappa shape index (κ1) is 14.7. The quantitative estimate of drug-likeness (QED) is 0.890. The Kier molecular flexibility index (Phi) is 5.31. The molecule has 106 valence electrons. The van der Waals surface area contributed by atoms with Crippen LogP contribution < -0.4 is 10.1 Å². The fourth-order valence-electron chi connectivity index (χ4n) is 1.42. The van der Waals surface area contributed by atoms with Crippen LogP contribution >= 0.6 is 22.9 Å². The molecule has 0 saturated heterocycles. The maximum Gasteiger partial charge on any atom is 0.229 e. The number of ether oxygens (including phenoxy) is 1. The molecular weight excluding hydrogens is 298 g/mol. The largest absolute Gasteiger partial charge is 0.493 e. The molecular formula is C13H14ClN3O2S. The van der Waals surface area contributed by atoms with E-state index in [1.807, 2.05) is 6.92 Å². The lowest BCUT2D eigenvalue weighted by Crippen LogP contribution is -2.15. The Morgan fingerprint density at radius 2 is 2.10 bits per heavy atom. The van der Waals surface area contributed by atoms with Gasteiger partial charge < -0.3 is 10.1 Å². The third-order valence-electron chi connectivity index (χ3n) is 2.43. The van der Waals surface area contributed by atoms with E-state index in [0.29, 0.717) is 22.5 Å². The third-order valence-corrected chi connectivity index (χ3v) is 3.66. The SMILES string of the molecule is CCc1nnc(NC(=O)CCOc2ccc(Cl)cc2)s1. The number of hydrogen-bond donors (Lipinski definition) is 1. The molecule has 2 rings (SSSR count). The van der Waals surface area contributed by atoms with Gasteiger partial charge in [0.2, 0.25) is 11.0 Å². The molecule has 0 unspecified atom stereocenters. The number of benzene rings is 1. The lowest BCUT2D eigenvalue weighted by molar-refractivity contribution is -0.116. The summed E-state index contributed by atoms with van der Waals surface area (Å²) in [5.74, 6) is 0.546. The van der Waals surface area contributed by atoms with Crippen molar-refractivity contribution < 1.29 is 9.53 Å². The molecule has 0 fully saturated rings. The molecule has 5 nitrogen and oxygen atoms in total. The molecule has 1 amide bonds. The highest BCUT2D eigenvalue weighted by Crippen LogP contribution is 2.17. The summed E-state index contributed by atoms with van der Waals surface area (Å²) in [4.78, 5) is 11.7. The number of hydrogen-bond acceptors (Lipinski definition) is 5. The molecule has 0 saturated carbocycles. The number of nitrogens with one attached hydrogen (secondary N) is 1. The number of carbonyl (C=O) groups excluding carboxylic acids is 1. The minimum absolute atomic E-state index is 0.141. The highest BCUT2D eigenvalue weighted by Gasteiger charge is 2.07. The Labute approximate surface area is 125 Å². The maximum absolute atomic E-state index is 11.7. The van der Waals surface area contributed by atoms with E-state index in [-0.39, 0.29) is 12.3 Å². The zero-order valence-corrected chi connectivity index (χ0v) is 12.5. The zero-order chi connectivity index (χ0) is 14.4. The van der Waals surface area contributed by atoms with Gasteiger partial charge in [-0.1, -0.05) is 29.9 Å². The number of rotatable bonds is 6. The number of carbonyl (C=O) groups is 1. The van der Waals surface area contributed by atoms with Gasteiger partial charge in [0.25, 0.3) is 0 Å². The number of aromatic nitrogens is 2. The van der Waals surface area contributed by atoms with Crippen molar-refractivity contribution >= 4 is 34.0 Å². The number of halogens is 1. The molecule has 0 bridgehead atoms. The van der Waals surface area contributed by atoms with Gasteiger partial charge in [0.05, 0.1) is 13.0 Å². The summed E-state index contributed by atoms with van der Waals surface area (Å²) in [6.07, 6.45) is 1.07. The highest BCUT2D eigenvalue weighted by molar-refractivity contribution is 7.15. The second kappa shape index (κ2) is 7.21. The van der Waals surface area contributed by atoms with Crippen molar-refractivity contribution in [3.05, 3.63) is 34.3 Å². The van der Waals surface area contributed by atoms with Crippen LogP contribution in [0.2, 0.25) is 5.02 Å². The maximum atomic E-state index is 11.7. The van der Waals surface area contributed by atoms with Crippen molar-refractivity contribution in [2.24, 2.45) is 0 Å². The predicted octanol–water partition coefficient (Wildman–Crippen LogP) is 3.16. The first-order chi connectivity index (χ1) is 9.67. The average Bonchev–Trinajstić information content (AvgIpc) is 2.88. The standard InChI is InChI=1S/C13H14ClN3O2S/c1-2-12-16-17-13(20-12)15-11(18)7-8-19-10-5-3-9(14)4-6-10/h3-6H,2,7-8H2,1H3,(H,15,17,18). The third kappa shape index (κ3) is 4.47. The van der Waals surface area contributed by atoms with Gasteiger partial charge in [-0.3, -0.25) is 4.79 Å². The minimum atomic E-state index is -0.141. The summed E-state index contributed by atoms with van der Waals surface area (Å²) in [5.41, 5.74) is 0. The Hall–Kier alpha value is -1.66. The van der Waals surface area contributed by atoms with Gasteiger partial charge >= 0.3 is 0 Å². The molecule has 0 atom stereocenters. The Morgan fingerprint density at radius 1 is 1.35 bits per heavy atom. The van der Waals surface area contributed by atoms with Crippen LogP contribution in [0.25, 0.3) is 0 Å².